The molecule has 0 heterocycles. The molecule has 0 saturated heterocycles. The maximum atomic E-state index is 11.7. The van der Waals surface area contributed by atoms with E-state index in [4.69, 9.17) is 4.74 Å². The molecule has 80 valence electrons. The van der Waals surface area contributed by atoms with Gasteiger partial charge in [-0.05, 0) is 19.4 Å². The van der Waals surface area contributed by atoms with Crippen LogP contribution in [0.2, 0.25) is 0 Å². The minimum Gasteiger partial charge on any atom is -0.468 e. The lowest BCUT2D eigenvalue weighted by Crippen LogP contribution is -2.37. The fourth-order valence-electron chi connectivity index (χ4n) is 1.99. The lowest BCUT2D eigenvalue weighted by Gasteiger charge is -2.29. The Labute approximate surface area is 85.5 Å². The summed E-state index contributed by atoms with van der Waals surface area (Å²) in [7, 11) is 3.36. The molecule has 2 atom stereocenters. The Hall–Kier alpha value is -0.830. The minimum atomic E-state index is -0.428. The zero-order valence-corrected chi connectivity index (χ0v) is 9.33. The smallest absolute Gasteiger partial charge is 0.315 e. The summed E-state index contributed by atoms with van der Waals surface area (Å²) in [5.74, 6) is 0.144. The number of carbonyl (C=O) groups is 1. The van der Waals surface area contributed by atoms with Crippen LogP contribution < -0.4 is 5.32 Å². The molecule has 1 aliphatic carbocycles. The molecule has 0 saturated carbocycles. The molecular formula is C11H19NO2. The third kappa shape index (κ3) is 1.69. The predicted molar refractivity (Wildman–Crippen MR) is 55.9 cm³/mol. The summed E-state index contributed by atoms with van der Waals surface area (Å²) in [6.07, 6.45) is 4.84. The summed E-state index contributed by atoms with van der Waals surface area (Å²) in [4.78, 5) is 11.7. The highest BCUT2D eigenvalue weighted by atomic mass is 16.5. The Bertz CT molecular complexity index is 248. The van der Waals surface area contributed by atoms with Crippen molar-refractivity contribution in [2.45, 2.75) is 26.3 Å². The van der Waals surface area contributed by atoms with Gasteiger partial charge >= 0.3 is 5.97 Å². The quantitative estimate of drug-likeness (QED) is 0.548. The zero-order chi connectivity index (χ0) is 10.8. The van der Waals surface area contributed by atoms with Gasteiger partial charge in [-0.2, -0.15) is 0 Å². The lowest BCUT2D eigenvalue weighted by atomic mass is 9.76. The van der Waals surface area contributed by atoms with Crippen LogP contribution in [0.1, 0.15) is 20.3 Å². The van der Waals surface area contributed by atoms with Gasteiger partial charge in [0.25, 0.3) is 0 Å². The molecule has 1 aliphatic rings. The first kappa shape index (κ1) is 11.2. The summed E-state index contributed by atoms with van der Waals surface area (Å²) >= 11 is 0. The van der Waals surface area contributed by atoms with Gasteiger partial charge in [-0.15, -0.1) is 0 Å². The van der Waals surface area contributed by atoms with E-state index in [2.05, 4.69) is 25.2 Å². The molecule has 0 bridgehead atoms. The van der Waals surface area contributed by atoms with Crippen LogP contribution in [-0.2, 0) is 9.53 Å². The van der Waals surface area contributed by atoms with Crippen LogP contribution in [0, 0.1) is 11.3 Å². The van der Waals surface area contributed by atoms with Crippen LogP contribution in [0.25, 0.3) is 0 Å². The van der Waals surface area contributed by atoms with Crippen molar-refractivity contribution in [2.24, 2.45) is 11.3 Å². The van der Waals surface area contributed by atoms with Gasteiger partial charge in [-0.3, -0.25) is 4.79 Å². The molecule has 0 fully saturated rings. The second-order valence-electron chi connectivity index (χ2n) is 4.15. The minimum absolute atomic E-state index is 0.124. The number of hydrogen-bond acceptors (Lipinski definition) is 3. The first-order valence-electron chi connectivity index (χ1n) is 5.02. The summed E-state index contributed by atoms with van der Waals surface area (Å²) in [6.45, 7) is 4.11. The highest BCUT2D eigenvalue weighted by Crippen LogP contribution is 2.40. The normalized spacial score (nSPS) is 31.1. The van der Waals surface area contributed by atoms with E-state index in [-0.39, 0.29) is 17.9 Å². The summed E-state index contributed by atoms with van der Waals surface area (Å²) < 4.78 is 4.87. The molecule has 3 heteroatoms. The van der Waals surface area contributed by atoms with E-state index in [1.807, 2.05) is 13.1 Å². The summed E-state index contributed by atoms with van der Waals surface area (Å²) in [6, 6.07) is 0.288. The number of hydrogen-bond donors (Lipinski definition) is 1. The first-order chi connectivity index (χ1) is 6.56. The van der Waals surface area contributed by atoms with E-state index in [0.717, 1.165) is 6.42 Å². The van der Waals surface area contributed by atoms with E-state index in [1.54, 1.807) is 0 Å². The van der Waals surface area contributed by atoms with Crippen LogP contribution in [0.3, 0.4) is 0 Å². The fraction of sp³-hybridized carbons (Fsp3) is 0.727. The van der Waals surface area contributed by atoms with Crippen molar-refractivity contribution < 1.29 is 9.53 Å². The van der Waals surface area contributed by atoms with Crippen LogP contribution in [0.4, 0.5) is 0 Å². The van der Waals surface area contributed by atoms with Crippen LogP contribution >= 0.6 is 0 Å². The van der Waals surface area contributed by atoms with Gasteiger partial charge in [-0.25, -0.2) is 0 Å². The van der Waals surface area contributed by atoms with E-state index in [0.29, 0.717) is 0 Å². The molecule has 1 rings (SSSR count). The van der Waals surface area contributed by atoms with Crippen molar-refractivity contribution in [3.8, 4) is 0 Å². The highest BCUT2D eigenvalue weighted by Gasteiger charge is 2.44. The fourth-order valence-corrected chi connectivity index (χ4v) is 1.99. The summed E-state index contributed by atoms with van der Waals surface area (Å²) in [5.41, 5.74) is -0.428. The molecule has 0 radical (unpaired) electrons. The van der Waals surface area contributed by atoms with Crippen molar-refractivity contribution in [1.82, 2.24) is 5.32 Å². The van der Waals surface area contributed by atoms with Gasteiger partial charge in [0.15, 0.2) is 0 Å². The number of rotatable bonds is 3. The van der Waals surface area contributed by atoms with Gasteiger partial charge in [0.05, 0.1) is 12.5 Å². The highest BCUT2D eigenvalue weighted by molar-refractivity contribution is 5.80. The maximum Gasteiger partial charge on any atom is 0.315 e. The van der Waals surface area contributed by atoms with E-state index in [9.17, 15) is 4.79 Å². The van der Waals surface area contributed by atoms with E-state index < -0.39 is 5.41 Å². The monoisotopic (exact) mass is 197 g/mol. The number of esters is 1. The van der Waals surface area contributed by atoms with Crippen molar-refractivity contribution in [1.29, 1.82) is 0 Å². The topological polar surface area (TPSA) is 38.3 Å². The lowest BCUT2D eigenvalue weighted by molar-refractivity contribution is -0.152. The van der Waals surface area contributed by atoms with Gasteiger partial charge in [-0.1, -0.05) is 26.0 Å². The molecule has 0 aliphatic heterocycles. The average molecular weight is 197 g/mol. The van der Waals surface area contributed by atoms with Crippen molar-refractivity contribution in [3.05, 3.63) is 12.2 Å². The Morgan fingerprint density at radius 1 is 1.64 bits per heavy atom. The Kier molecular flexibility index (Phi) is 3.32. The van der Waals surface area contributed by atoms with E-state index in [1.165, 1.54) is 7.11 Å². The van der Waals surface area contributed by atoms with Crippen LogP contribution in [-0.4, -0.2) is 26.2 Å². The number of likely N-dealkylation sites (N-methyl/N-ethyl adjacent to an activating group) is 1. The van der Waals surface area contributed by atoms with Gasteiger partial charge in [0.1, 0.15) is 0 Å². The third-order valence-electron chi connectivity index (χ3n) is 3.15. The molecular weight excluding hydrogens is 178 g/mol. The maximum absolute atomic E-state index is 11.7. The van der Waals surface area contributed by atoms with Crippen LogP contribution in [0.5, 0.6) is 0 Å². The third-order valence-corrected chi connectivity index (χ3v) is 3.15. The average Bonchev–Trinajstić information content (AvgIpc) is 2.61. The second kappa shape index (κ2) is 4.13. The first-order valence-corrected chi connectivity index (χ1v) is 5.02. The molecule has 0 amide bonds. The van der Waals surface area contributed by atoms with Gasteiger partial charge < -0.3 is 10.1 Å². The second-order valence-corrected chi connectivity index (χ2v) is 4.15. The molecule has 0 spiro atoms. The van der Waals surface area contributed by atoms with Crippen molar-refractivity contribution in [2.75, 3.05) is 14.2 Å². The van der Waals surface area contributed by atoms with E-state index >= 15 is 0 Å². The van der Waals surface area contributed by atoms with Crippen LogP contribution in [0.15, 0.2) is 12.2 Å². The number of carbonyl (C=O) groups excluding carboxylic acids is 1. The zero-order valence-electron chi connectivity index (χ0n) is 9.33. The van der Waals surface area contributed by atoms with Crippen molar-refractivity contribution in [3.63, 3.8) is 0 Å². The van der Waals surface area contributed by atoms with Gasteiger partial charge in [0, 0.05) is 6.04 Å². The predicted octanol–water partition coefficient (Wildman–Crippen LogP) is 1.35. The number of ether oxygens (including phenoxy) is 1. The standard InChI is InChI=1S/C11H19NO2/c1-8(2)11(10(13)14-4)6-5-9(7-11)12-3/h5-6,8-9,12H,7H2,1-4H3/t9-,11+/m1/s1. The van der Waals surface area contributed by atoms with Gasteiger partial charge in [0.2, 0.25) is 0 Å². The SMILES string of the molecule is CN[C@@H]1C=C[C@@](C(=O)OC)(C(C)C)C1. The summed E-state index contributed by atoms with van der Waals surface area (Å²) in [5, 5.41) is 3.16. The molecule has 1 N–H and O–H groups in total. The van der Waals surface area contributed by atoms with Crippen molar-refractivity contribution >= 4 is 5.97 Å². The number of nitrogens with one attached hydrogen (secondary N) is 1. The molecule has 0 aromatic carbocycles. The molecule has 0 aromatic rings. The Morgan fingerprint density at radius 3 is 2.64 bits per heavy atom. The Balaban J connectivity index is 2.87. The Morgan fingerprint density at radius 2 is 2.29 bits per heavy atom. The molecule has 3 nitrogen and oxygen atoms in total. The number of methoxy groups -OCH3 is 1. The largest absolute Gasteiger partial charge is 0.468 e. The molecule has 0 aromatic heterocycles. The molecule has 0 unspecified atom stereocenters. The molecule has 14 heavy (non-hydrogen) atoms.